The van der Waals surface area contributed by atoms with Gasteiger partial charge in [-0.15, -0.1) is 0 Å². The third-order valence-electron chi connectivity index (χ3n) is 2.63. The van der Waals surface area contributed by atoms with Crippen molar-refractivity contribution in [3.8, 4) is 0 Å². The minimum Gasteiger partial charge on any atom is -0.313 e. The third kappa shape index (κ3) is 3.85. The normalized spacial score (nSPS) is 15.4. The van der Waals surface area contributed by atoms with E-state index in [9.17, 15) is 4.39 Å². The molecule has 88 valence electrons. The molecular formula is C12H16BrFN2. The van der Waals surface area contributed by atoms with E-state index in [-0.39, 0.29) is 5.82 Å². The number of halogens is 2. The van der Waals surface area contributed by atoms with E-state index in [1.807, 2.05) is 6.07 Å². The number of hydrogen-bond donors (Lipinski definition) is 2. The van der Waals surface area contributed by atoms with Crippen LogP contribution < -0.4 is 10.6 Å². The Morgan fingerprint density at radius 3 is 2.81 bits per heavy atom. The molecule has 2 nitrogen and oxygen atoms in total. The summed E-state index contributed by atoms with van der Waals surface area (Å²) in [5, 5.41) is 6.76. The Labute approximate surface area is 104 Å². The lowest BCUT2D eigenvalue weighted by molar-refractivity contribution is 0.603. The number of rotatable bonds is 6. The lowest BCUT2D eigenvalue weighted by Crippen LogP contribution is -2.28. The van der Waals surface area contributed by atoms with Crippen molar-refractivity contribution < 1.29 is 4.39 Å². The maximum Gasteiger partial charge on any atom is 0.137 e. The highest BCUT2D eigenvalue weighted by molar-refractivity contribution is 9.10. The van der Waals surface area contributed by atoms with Crippen LogP contribution in [0.25, 0.3) is 0 Å². The fourth-order valence-corrected chi connectivity index (χ4v) is 1.96. The predicted molar refractivity (Wildman–Crippen MR) is 66.8 cm³/mol. The molecule has 1 aromatic carbocycles. The summed E-state index contributed by atoms with van der Waals surface area (Å²) < 4.78 is 13.5. The molecule has 0 aromatic heterocycles. The van der Waals surface area contributed by atoms with Crippen molar-refractivity contribution in [2.24, 2.45) is 0 Å². The zero-order valence-electron chi connectivity index (χ0n) is 9.10. The zero-order chi connectivity index (χ0) is 11.4. The van der Waals surface area contributed by atoms with E-state index in [0.29, 0.717) is 4.47 Å². The first kappa shape index (κ1) is 12.0. The average molecular weight is 287 g/mol. The number of hydrogen-bond acceptors (Lipinski definition) is 2. The maximum atomic E-state index is 13.0. The first-order chi connectivity index (χ1) is 7.75. The van der Waals surface area contributed by atoms with E-state index in [2.05, 4.69) is 26.6 Å². The molecule has 16 heavy (non-hydrogen) atoms. The highest BCUT2D eigenvalue weighted by Crippen LogP contribution is 2.18. The molecule has 0 amide bonds. The molecule has 0 aliphatic heterocycles. The Morgan fingerprint density at radius 2 is 2.12 bits per heavy atom. The van der Waals surface area contributed by atoms with E-state index in [0.717, 1.165) is 31.2 Å². The molecule has 0 heterocycles. The Balaban J connectivity index is 1.65. The molecule has 4 heteroatoms. The molecule has 1 aliphatic rings. The summed E-state index contributed by atoms with van der Waals surface area (Å²) in [6.45, 7) is 2.74. The summed E-state index contributed by atoms with van der Waals surface area (Å²) >= 11 is 3.18. The molecule has 2 rings (SSSR count). The molecule has 1 fully saturated rings. The van der Waals surface area contributed by atoms with Gasteiger partial charge in [0.1, 0.15) is 5.82 Å². The first-order valence-electron chi connectivity index (χ1n) is 5.64. The molecule has 2 N–H and O–H groups in total. The molecule has 0 radical (unpaired) electrons. The van der Waals surface area contributed by atoms with Gasteiger partial charge in [0.05, 0.1) is 4.47 Å². The smallest absolute Gasteiger partial charge is 0.137 e. The second-order valence-corrected chi connectivity index (χ2v) is 5.01. The van der Waals surface area contributed by atoms with Crippen LogP contribution in [0.3, 0.4) is 0 Å². The van der Waals surface area contributed by atoms with Crippen molar-refractivity contribution in [1.29, 1.82) is 0 Å². The standard InChI is InChI=1S/C12H16BrFN2/c13-11-7-9(1-4-12(11)14)8-15-5-6-16-10-2-3-10/h1,4,7,10,15-16H,2-3,5-6,8H2. The van der Waals surface area contributed by atoms with Gasteiger partial charge in [-0.2, -0.15) is 0 Å². The van der Waals surface area contributed by atoms with Crippen LogP contribution in [0.2, 0.25) is 0 Å². The molecular weight excluding hydrogens is 271 g/mol. The van der Waals surface area contributed by atoms with Gasteiger partial charge >= 0.3 is 0 Å². The molecule has 0 bridgehead atoms. The van der Waals surface area contributed by atoms with Crippen molar-refractivity contribution in [1.82, 2.24) is 10.6 Å². The van der Waals surface area contributed by atoms with Gasteiger partial charge in [-0.05, 0) is 46.5 Å². The SMILES string of the molecule is Fc1ccc(CNCCNC2CC2)cc1Br. The zero-order valence-corrected chi connectivity index (χ0v) is 10.7. The molecule has 0 spiro atoms. The summed E-state index contributed by atoms with van der Waals surface area (Å²) in [4.78, 5) is 0. The van der Waals surface area contributed by atoms with E-state index in [1.54, 1.807) is 6.07 Å². The molecule has 0 atom stereocenters. The van der Waals surface area contributed by atoms with Gasteiger partial charge in [-0.1, -0.05) is 6.07 Å². The summed E-state index contributed by atoms with van der Waals surface area (Å²) in [5.41, 5.74) is 1.10. The topological polar surface area (TPSA) is 24.1 Å². The fraction of sp³-hybridized carbons (Fsp3) is 0.500. The minimum atomic E-state index is -0.209. The molecule has 1 saturated carbocycles. The van der Waals surface area contributed by atoms with Crippen molar-refractivity contribution >= 4 is 15.9 Å². The Bertz CT molecular complexity index is 353. The van der Waals surface area contributed by atoms with Crippen molar-refractivity contribution in [2.75, 3.05) is 13.1 Å². The number of benzene rings is 1. The van der Waals surface area contributed by atoms with Crippen LogP contribution in [-0.2, 0) is 6.54 Å². The molecule has 1 aliphatic carbocycles. The maximum absolute atomic E-state index is 13.0. The van der Waals surface area contributed by atoms with Gasteiger partial charge in [0.15, 0.2) is 0 Å². The fourth-order valence-electron chi connectivity index (χ4n) is 1.53. The van der Waals surface area contributed by atoms with Crippen LogP contribution in [0.15, 0.2) is 22.7 Å². The second kappa shape index (κ2) is 5.75. The Hall–Kier alpha value is -0.450. The minimum absolute atomic E-state index is 0.209. The second-order valence-electron chi connectivity index (χ2n) is 4.15. The average Bonchev–Trinajstić information content (AvgIpc) is 3.07. The summed E-state index contributed by atoms with van der Waals surface area (Å²) in [5.74, 6) is -0.209. The van der Waals surface area contributed by atoms with E-state index >= 15 is 0 Å². The molecule has 1 aromatic rings. The highest BCUT2D eigenvalue weighted by atomic mass is 79.9. The van der Waals surface area contributed by atoms with Gasteiger partial charge in [-0.3, -0.25) is 0 Å². The lowest BCUT2D eigenvalue weighted by atomic mass is 10.2. The van der Waals surface area contributed by atoms with Crippen molar-refractivity contribution in [3.05, 3.63) is 34.1 Å². The monoisotopic (exact) mass is 286 g/mol. The van der Waals surface area contributed by atoms with Gasteiger partial charge in [-0.25, -0.2) is 4.39 Å². The quantitative estimate of drug-likeness (QED) is 0.785. The van der Waals surface area contributed by atoms with Crippen LogP contribution in [0.5, 0.6) is 0 Å². The van der Waals surface area contributed by atoms with Gasteiger partial charge in [0.2, 0.25) is 0 Å². The first-order valence-corrected chi connectivity index (χ1v) is 6.43. The summed E-state index contributed by atoms with van der Waals surface area (Å²) in [6, 6.07) is 5.88. The highest BCUT2D eigenvalue weighted by Gasteiger charge is 2.19. The predicted octanol–water partition coefficient (Wildman–Crippen LogP) is 2.43. The van der Waals surface area contributed by atoms with E-state index < -0.39 is 0 Å². The third-order valence-corrected chi connectivity index (χ3v) is 3.23. The van der Waals surface area contributed by atoms with Gasteiger partial charge in [0, 0.05) is 25.7 Å². The van der Waals surface area contributed by atoms with E-state index in [4.69, 9.17) is 0 Å². The van der Waals surface area contributed by atoms with Gasteiger partial charge in [0.25, 0.3) is 0 Å². The van der Waals surface area contributed by atoms with Crippen LogP contribution in [0.4, 0.5) is 4.39 Å². The largest absolute Gasteiger partial charge is 0.313 e. The van der Waals surface area contributed by atoms with Crippen molar-refractivity contribution in [2.45, 2.75) is 25.4 Å². The van der Waals surface area contributed by atoms with E-state index in [1.165, 1.54) is 18.9 Å². The summed E-state index contributed by atoms with van der Waals surface area (Å²) in [6.07, 6.45) is 2.65. The van der Waals surface area contributed by atoms with Crippen LogP contribution in [-0.4, -0.2) is 19.1 Å². The summed E-state index contributed by atoms with van der Waals surface area (Å²) in [7, 11) is 0. The number of nitrogens with one attached hydrogen (secondary N) is 2. The van der Waals surface area contributed by atoms with Gasteiger partial charge < -0.3 is 10.6 Å². The lowest BCUT2D eigenvalue weighted by Gasteiger charge is -2.06. The van der Waals surface area contributed by atoms with Crippen LogP contribution in [0, 0.1) is 5.82 Å². The Morgan fingerprint density at radius 1 is 1.31 bits per heavy atom. The molecule has 0 unspecified atom stereocenters. The van der Waals surface area contributed by atoms with Crippen LogP contribution in [0.1, 0.15) is 18.4 Å². The van der Waals surface area contributed by atoms with Crippen LogP contribution >= 0.6 is 15.9 Å². The molecule has 0 saturated heterocycles. The van der Waals surface area contributed by atoms with Crippen molar-refractivity contribution in [3.63, 3.8) is 0 Å². The Kier molecular flexibility index (Phi) is 4.32.